The van der Waals surface area contributed by atoms with Crippen LogP contribution in [0.2, 0.25) is 0 Å². The van der Waals surface area contributed by atoms with Crippen molar-refractivity contribution >= 4 is 0 Å². The van der Waals surface area contributed by atoms with E-state index in [1.165, 1.54) is 32.1 Å². The van der Waals surface area contributed by atoms with Gasteiger partial charge in [0.05, 0.1) is 6.61 Å². The minimum Gasteiger partial charge on any atom is -0.361 e. The molecule has 0 radical (unpaired) electrons. The van der Waals surface area contributed by atoms with Crippen LogP contribution in [0.4, 0.5) is 0 Å². The molecule has 13 heavy (non-hydrogen) atoms. The fraction of sp³-hybridized carbons (Fsp3) is 1.00. The van der Waals surface area contributed by atoms with Crippen LogP contribution in [0.25, 0.3) is 0 Å². The van der Waals surface area contributed by atoms with Crippen molar-refractivity contribution < 1.29 is 4.74 Å². The molecule has 1 heterocycles. The summed E-state index contributed by atoms with van der Waals surface area (Å²) in [6.07, 6.45) is 6.91. The van der Waals surface area contributed by atoms with Crippen LogP contribution in [-0.4, -0.2) is 36.9 Å². The van der Waals surface area contributed by atoms with E-state index in [-0.39, 0.29) is 6.23 Å². The van der Waals surface area contributed by atoms with E-state index >= 15 is 0 Å². The van der Waals surface area contributed by atoms with Gasteiger partial charge in [-0.2, -0.15) is 0 Å². The molecular weight excluding hydrogens is 164 g/mol. The minimum atomic E-state index is -0.0457. The molecule has 1 aliphatic heterocycles. The number of nitrogens with two attached hydrogens (primary N) is 1. The van der Waals surface area contributed by atoms with Crippen LogP contribution in [0.15, 0.2) is 0 Å². The first-order valence-electron chi connectivity index (χ1n) is 5.47. The predicted molar refractivity (Wildman–Crippen MR) is 52.4 cm³/mol. The lowest BCUT2D eigenvalue weighted by Gasteiger charge is -2.38. The summed E-state index contributed by atoms with van der Waals surface area (Å²) in [7, 11) is 0. The molecule has 1 atom stereocenters. The quantitative estimate of drug-likeness (QED) is 0.659. The summed E-state index contributed by atoms with van der Waals surface area (Å²) in [5, 5.41) is 0. The van der Waals surface area contributed by atoms with Gasteiger partial charge < -0.3 is 10.5 Å². The molecule has 0 bridgehead atoms. The van der Waals surface area contributed by atoms with Gasteiger partial charge >= 0.3 is 0 Å². The van der Waals surface area contributed by atoms with E-state index in [9.17, 15) is 0 Å². The highest BCUT2D eigenvalue weighted by Gasteiger charge is 2.25. The van der Waals surface area contributed by atoms with Gasteiger partial charge in [-0.3, -0.25) is 4.90 Å². The van der Waals surface area contributed by atoms with Crippen LogP contribution in [0.3, 0.4) is 0 Å². The van der Waals surface area contributed by atoms with Crippen LogP contribution in [0.5, 0.6) is 0 Å². The van der Waals surface area contributed by atoms with E-state index in [4.69, 9.17) is 10.5 Å². The summed E-state index contributed by atoms with van der Waals surface area (Å²) >= 11 is 0. The Hall–Kier alpha value is -0.120. The molecule has 1 saturated heterocycles. The SMILES string of the molecule is NC1CN(C2CCCCC2)CCO1. The first-order chi connectivity index (χ1) is 6.36. The Bertz CT molecular complexity index is 157. The van der Waals surface area contributed by atoms with Crippen molar-refractivity contribution in [2.24, 2.45) is 5.73 Å². The number of nitrogens with zero attached hydrogens (tertiary/aromatic N) is 1. The summed E-state index contributed by atoms with van der Waals surface area (Å²) in [5.41, 5.74) is 5.77. The number of ether oxygens (including phenoxy) is 1. The molecule has 2 rings (SSSR count). The molecule has 0 aromatic rings. The third-order valence-electron chi connectivity index (χ3n) is 3.22. The van der Waals surface area contributed by atoms with Crippen LogP contribution >= 0.6 is 0 Å². The Morgan fingerprint density at radius 1 is 1.15 bits per heavy atom. The second-order valence-electron chi connectivity index (χ2n) is 4.20. The highest BCUT2D eigenvalue weighted by molar-refractivity contribution is 4.78. The summed E-state index contributed by atoms with van der Waals surface area (Å²) in [5.74, 6) is 0. The first-order valence-corrected chi connectivity index (χ1v) is 5.47. The van der Waals surface area contributed by atoms with Gasteiger partial charge in [0.2, 0.25) is 0 Å². The summed E-state index contributed by atoms with van der Waals surface area (Å²) in [4.78, 5) is 2.52. The molecule has 0 aromatic heterocycles. The zero-order valence-corrected chi connectivity index (χ0v) is 8.24. The molecule has 1 saturated carbocycles. The molecule has 1 aliphatic carbocycles. The smallest absolute Gasteiger partial charge is 0.118 e. The Balaban J connectivity index is 1.83. The van der Waals surface area contributed by atoms with Gasteiger partial charge in [-0.25, -0.2) is 0 Å². The Morgan fingerprint density at radius 3 is 2.62 bits per heavy atom. The monoisotopic (exact) mass is 184 g/mol. The molecule has 2 N–H and O–H groups in total. The van der Waals surface area contributed by atoms with Crippen LogP contribution in [-0.2, 0) is 4.74 Å². The van der Waals surface area contributed by atoms with Gasteiger partial charge in [-0.15, -0.1) is 0 Å². The van der Waals surface area contributed by atoms with E-state index in [1.807, 2.05) is 0 Å². The van der Waals surface area contributed by atoms with Crippen molar-refractivity contribution in [3.8, 4) is 0 Å². The fourth-order valence-corrected chi connectivity index (χ4v) is 2.47. The molecular formula is C10H20N2O. The number of rotatable bonds is 1. The van der Waals surface area contributed by atoms with Gasteiger partial charge in [0.15, 0.2) is 0 Å². The number of morpholine rings is 1. The lowest BCUT2D eigenvalue weighted by molar-refractivity contribution is -0.0448. The Kier molecular flexibility index (Phi) is 3.19. The Morgan fingerprint density at radius 2 is 1.92 bits per heavy atom. The normalized spacial score (nSPS) is 33.5. The maximum absolute atomic E-state index is 5.77. The van der Waals surface area contributed by atoms with Crippen LogP contribution in [0.1, 0.15) is 32.1 Å². The third kappa shape index (κ3) is 2.42. The largest absolute Gasteiger partial charge is 0.361 e. The molecule has 0 amide bonds. The van der Waals surface area contributed by atoms with Crippen molar-refractivity contribution in [3.05, 3.63) is 0 Å². The second-order valence-corrected chi connectivity index (χ2v) is 4.20. The van der Waals surface area contributed by atoms with E-state index in [1.54, 1.807) is 0 Å². The lowest BCUT2D eigenvalue weighted by Crippen LogP contribution is -2.51. The van der Waals surface area contributed by atoms with Crippen molar-refractivity contribution in [1.82, 2.24) is 4.90 Å². The lowest BCUT2D eigenvalue weighted by atomic mass is 9.94. The van der Waals surface area contributed by atoms with Crippen LogP contribution in [0, 0.1) is 0 Å². The average Bonchev–Trinajstić information content (AvgIpc) is 2.19. The first kappa shape index (κ1) is 9.44. The molecule has 2 aliphatic rings. The second kappa shape index (κ2) is 4.40. The fourth-order valence-electron chi connectivity index (χ4n) is 2.47. The Labute approximate surface area is 80.2 Å². The zero-order chi connectivity index (χ0) is 9.10. The predicted octanol–water partition coefficient (Wildman–Crippen LogP) is 0.936. The maximum Gasteiger partial charge on any atom is 0.118 e. The van der Waals surface area contributed by atoms with Crippen molar-refractivity contribution in [2.45, 2.75) is 44.4 Å². The molecule has 3 nitrogen and oxygen atoms in total. The average molecular weight is 184 g/mol. The van der Waals surface area contributed by atoms with E-state index in [2.05, 4.69) is 4.90 Å². The van der Waals surface area contributed by atoms with Crippen molar-refractivity contribution in [2.75, 3.05) is 19.7 Å². The minimum absolute atomic E-state index is 0.0457. The van der Waals surface area contributed by atoms with Gasteiger partial charge in [0.1, 0.15) is 6.23 Å². The van der Waals surface area contributed by atoms with Gasteiger partial charge in [0, 0.05) is 19.1 Å². The van der Waals surface area contributed by atoms with Gasteiger partial charge in [-0.05, 0) is 12.8 Å². The third-order valence-corrected chi connectivity index (χ3v) is 3.22. The topological polar surface area (TPSA) is 38.5 Å². The highest BCUT2D eigenvalue weighted by Crippen LogP contribution is 2.23. The number of hydrogen-bond donors (Lipinski definition) is 1. The van der Waals surface area contributed by atoms with Gasteiger partial charge in [-0.1, -0.05) is 19.3 Å². The van der Waals surface area contributed by atoms with E-state index in [0.29, 0.717) is 0 Å². The maximum atomic E-state index is 5.77. The van der Waals surface area contributed by atoms with Gasteiger partial charge in [0.25, 0.3) is 0 Å². The van der Waals surface area contributed by atoms with E-state index < -0.39 is 0 Å². The zero-order valence-electron chi connectivity index (χ0n) is 8.24. The van der Waals surface area contributed by atoms with Crippen molar-refractivity contribution in [3.63, 3.8) is 0 Å². The number of hydrogen-bond acceptors (Lipinski definition) is 3. The molecule has 0 spiro atoms. The summed E-state index contributed by atoms with van der Waals surface area (Å²) < 4.78 is 5.33. The highest BCUT2D eigenvalue weighted by atomic mass is 16.5. The molecule has 3 heteroatoms. The molecule has 1 unspecified atom stereocenters. The standard InChI is InChI=1S/C10H20N2O/c11-10-8-12(6-7-13-10)9-4-2-1-3-5-9/h9-10H,1-8,11H2. The molecule has 0 aromatic carbocycles. The summed E-state index contributed by atoms with van der Waals surface area (Å²) in [6.45, 7) is 2.83. The summed E-state index contributed by atoms with van der Waals surface area (Å²) in [6, 6.07) is 0.795. The van der Waals surface area contributed by atoms with E-state index in [0.717, 1.165) is 25.7 Å². The molecule has 76 valence electrons. The van der Waals surface area contributed by atoms with Crippen LogP contribution < -0.4 is 5.73 Å². The van der Waals surface area contributed by atoms with Crippen molar-refractivity contribution in [1.29, 1.82) is 0 Å². The molecule has 2 fully saturated rings.